The Labute approximate surface area is 64.8 Å². The van der Waals surface area contributed by atoms with Gasteiger partial charge in [0.25, 0.3) is 0 Å². The van der Waals surface area contributed by atoms with Crippen LogP contribution >= 0.6 is 11.6 Å². The van der Waals surface area contributed by atoms with E-state index in [9.17, 15) is 5.11 Å². The fourth-order valence-electron chi connectivity index (χ4n) is 0.766. The SMILES string of the molecule is COC1(O)C=CC=CC1Cl. The van der Waals surface area contributed by atoms with Gasteiger partial charge in [-0.2, -0.15) is 0 Å². The summed E-state index contributed by atoms with van der Waals surface area (Å²) in [4.78, 5) is 0. The third kappa shape index (κ3) is 1.24. The smallest absolute Gasteiger partial charge is 0.205 e. The summed E-state index contributed by atoms with van der Waals surface area (Å²) in [7, 11) is 1.42. The van der Waals surface area contributed by atoms with Crippen LogP contribution in [-0.4, -0.2) is 23.4 Å². The first-order valence-corrected chi connectivity index (χ1v) is 3.40. The molecule has 0 heterocycles. The van der Waals surface area contributed by atoms with Crippen molar-refractivity contribution in [3.8, 4) is 0 Å². The van der Waals surface area contributed by atoms with Crippen LogP contribution in [0, 0.1) is 0 Å². The van der Waals surface area contributed by atoms with Crippen LogP contribution in [0.5, 0.6) is 0 Å². The summed E-state index contributed by atoms with van der Waals surface area (Å²) in [6, 6.07) is 0. The quantitative estimate of drug-likeness (QED) is 0.459. The molecule has 2 unspecified atom stereocenters. The molecule has 1 aliphatic rings. The van der Waals surface area contributed by atoms with Gasteiger partial charge in [0.2, 0.25) is 5.79 Å². The Morgan fingerprint density at radius 3 is 2.70 bits per heavy atom. The number of ether oxygens (including phenoxy) is 1. The number of allylic oxidation sites excluding steroid dienone is 2. The maximum atomic E-state index is 9.46. The van der Waals surface area contributed by atoms with Crippen molar-refractivity contribution in [1.82, 2.24) is 0 Å². The van der Waals surface area contributed by atoms with Crippen molar-refractivity contribution < 1.29 is 9.84 Å². The topological polar surface area (TPSA) is 29.5 Å². The highest BCUT2D eigenvalue weighted by Crippen LogP contribution is 2.23. The van der Waals surface area contributed by atoms with Crippen LogP contribution in [-0.2, 0) is 4.74 Å². The van der Waals surface area contributed by atoms with Crippen molar-refractivity contribution in [2.75, 3.05) is 7.11 Å². The third-order valence-electron chi connectivity index (χ3n) is 1.45. The van der Waals surface area contributed by atoms with Gasteiger partial charge in [-0.05, 0) is 6.08 Å². The molecule has 0 fully saturated rings. The van der Waals surface area contributed by atoms with Gasteiger partial charge in [-0.25, -0.2) is 0 Å². The van der Waals surface area contributed by atoms with Crippen LogP contribution in [0.1, 0.15) is 0 Å². The van der Waals surface area contributed by atoms with E-state index in [1.54, 1.807) is 18.2 Å². The Balaban J connectivity index is 2.77. The maximum absolute atomic E-state index is 9.46. The molecular weight excluding hydrogens is 152 g/mol. The zero-order valence-corrected chi connectivity index (χ0v) is 6.38. The van der Waals surface area contributed by atoms with Crippen LogP contribution in [0.4, 0.5) is 0 Å². The molecule has 2 nitrogen and oxygen atoms in total. The molecule has 0 bridgehead atoms. The van der Waals surface area contributed by atoms with Crippen molar-refractivity contribution >= 4 is 11.6 Å². The highest BCUT2D eigenvalue weighted by Gasteiger charge is 2.32. The van der Waals surface area contributed by atoms with Gasteiger partial charge in [-0.15, -0.1) is 11.6 Å². The molecule has 56 valence electrons. The molecule has 0 aromatic heterocycles. The number of methoxy groups -OCH3 is 1. The standard InChI is InChI=1S/C7H9ClO2/c1-10-7(9)5-3-2-4-6(7)8/h2-6,9H,1H3. The summed E-state index contributed by atoms with van der Waals surface area (Å²) >= 11 is 5.71. The summed E-state index contributed by atoms with van der Waals surface area (Å²) in [6.07, 6.45) is 6.66. The van der Waals surface area contributed by atoms with E-state index in [-0.39, 0.29) is 0 Å². The Bertz CT molecular complexity index is 176. The highest BCUT2D eigenvalue weighted by atomic mass is 35.5. The summed E-state index contributed by atoms with van der Waals surface area (Å²) < 4.78 is 4.78. The number of hydrogen-bond acceptors (Lipinski definition) is 2. The number of rotatable bonds is 1. The van der Waals surface area contributed by atoms with Gasteiger partial charge in [0.15, 0.2) is 0 Å². The van der Waals surface area contributed by atoms with Gasteiger partial charge in [0.1, 0.15) is 5.38 Å². The van der Waals surface area contributed by atoms with Crippen molar-refractivity contribution in [2.45, 2.75) is 11.2 Å². The van der Waals surface area contributed by atoms with Crippen molar-refractivity contribution in [2.24, 2.45) is 0 Å². The maximum Gasteiger partial charge on any atom is 0.205 e. The first-order valence-electron chi connectivity index (χ1n) is 2.96. The van der Waals surface area contributed by atoms with Crippen LogP contribution in [0.2, 0.25) is 0 Å². The first-order chi connectivity index (χ1) is 4.69. The molecule has 2 atom stereocenters. The first kappa shape index (κ1) is 7.79. The average Bonchev–Trinajstić information content (AvgIpc) is 1.96. The molecule has 0 saturated heterocycles. The summed E-state index contributed by atoms with van der Waals surface area (Å²) in [5.41, 5.74) is 0. The van der Waals surface area contributed by atoms with Crippen LogP contribution < -0.4 is 0 Å². The Morgan fingerprint density at radius 2 is 2.30 bits per heavy atom. The van der Waals surface area contributed by atoms with E-state index in [0.29, 0.717) is 0 Å². The van der Waals surface area contributed by atoms with Crippen molar-refractivity contribution in [3.63, 3.8) is 0 Å². The predicted octanol–water partition coefficient (Wildman–Crippen LogP) is 1.05. The average molecular weight is 161 g/mol. The zero-order chi connectivity index (χ0) is 7.61. The van der Waals surface area contributed by atoms with E-state index in [4.69, 9.17) is 16.3 Å². The van der Waals surface area contributed by atoms with E-state index in [1.165, 1.54) is 13.2 Å². The third-order valence-corrected chi connectivity index (χ3v) is 1.91. The van der Waals surface area contributed by atoms with Crippen LogP contribution in [0.3, 0.4) is 0 Å². The second-order valence-corrected chi connectivity index (χ2v) is 2.57. The van der Waals surface area contributed by atoms with Gasteiger partial charge in [-0.3, -0.25) is 0 Å². The van der Waals surface area contributed by atoms with E-state index in [1.807, 2.05) is 0 Å². The second-order valence-electron chi connectivity index (χ2n) is 2.10. The lowest BCUT2D eigenvalue weighted by Gasteiger charge is -2.27. The minimum absolute atomic E-state index is 0.498. The van der Waals surface area contributed by atoms with E-state index < -0.39 is 11.2 Å². The van der Waals surface area contributed by atoms with E-state index >= 15 is 0 Å². The molecule has 1 aliphatic carbocycles. The zero-order valence-electron chi connectivity index (χ0n) is 5.62. The van der Waals surface area contributed by atoms with Gasteiger partial charge in [0, 0.05) is 7.11 Å². The molecule has 0 spiro atoms. The Hall–Kier alpha value is -0.310. The molecule has 1 N–H and O–H groups in total. The Kier molecular flexibility index (Phi) is 2.14. The fourth-order valence-corrected chi connectivity index (χ4v) is 1.01. The predicted molar refractivity (Wildman–Crippen MR) is 39.9 cm³/mol. The normalized spacial score (nSPS) is 38.5. The van der Waals surface area contributed by atoms with Crippen molar-refractivity contribution in [1.29, 1.82) is 0 Å². The lowest BCUT2D eigenvalue weighted by molar-refractivity contribution is -0.140. The molecule has 0 aromatic carbocycles. The molecule has 0 aliphatic heterocycles. The summed E-state index contributed by atoms with van der Waals surface area (Å²) in [5.74, 6) is -1.32. The van der Waals surface area contributed by atoms with Gasteiger partial charge >= 0.3 is 0 Å². The lowest BCUT2D eigenvalue weighted by atomic mass is 10.1. The lowest BCUT2D eigenvalue weighted by Crippen LogP contribution is -2.38. The number of alkyl halides is 1. The molecule has 1 rings (SSSR count). The minimum Gasteiger partial charge on any atom is -0.361 e. The Morgan fingerprint density at radius 1 is 1.60 bits per heavy atom. The van der Waals surface area contributed by atoms with Gasteiger partial charge < -0.3 is 9.84 Å². The molecule has 0 amide bonds. The number of aliphatic hydroxyl groups is 1. The highest BCUT2D eigenvalue weighted by molar-refractivity contribution is 6.22. The molecule has 0 saturated carbocycles. The molecule has 10 heavy (non-hydrogen) atoms. The molecule has 0 radical (unpaired) electrons. The fraction of sp³-hybridized carbons (Fsp3) is 0.429. The largest absolute Gasteiger partial charge is 0.361 e. The minimum atomic E-state index is -1.32. The molecule has 3 heteroatoms. The van der Waals surface area contributed by atoms with E-state index in [0.717, 1.165) is 0 Å². The number of hydrogen-bond donors (Lipinski definition) is 1. The van der Waals surface area contributed by atoms with E-state index in [2.05, 4.69) is 0 Å². The van der Waals surface area contributed by atoms with Crippen LogP contribution in [0.15, 0.2) is 24.3 Å². The molecular formula is C7H9ClO2. The number of halogens is 1. The summed E-state index contributed by atoms with van der Waals surface area (Å²) in [6.45, 7) is 0. The monoisotopic (exact) mass is 160 g/mol. The summed E-state index contributed by atoms with van der Waals surface area (Å²) in [5, 5.41) is 8.96. The van der Waals surface area contributed by atoms with Crippen molar-refractivity contribution in [3.05, 3.63) is 24.3 Å². The van der Waals surface area contributed by atoms with Gasteiger partial charge in [0.05, 0.1) is 0 Å². The second kappa shape index (κ2) is 2.74. The van der Waals surface area contributed by atoms with Gasteiger partial charge in [-0.1, -0.05) is 18.2 Å². The molecule has 0 aromatic rings. The van der Waals surface area contributed by atoms with Crippen LogP contribution in [0.25, 0.3) is 0 Å².